The molecule has 1 aromatic carbocycles. The fourth-order valence-electron chi connectivity index (χ4n) is 2.45. The molecule has 1 N–H and O–H groups in total. The lowest BCUT2D eigenvalue weighted by Crippen LogP contribution is -2.16. The maximum atomic E-state index is 12.2. The lowest BCUT2D eigenvalue weighted by molar-refractivity contribution is -0.113. The fourth-order valence-corrected chi connectivity index (χ4v) is 2.45. The summed E-state index contributed by atoms with van der Waals surface area (Å²) in [4.78, 5) is 16.5. The Kier molecular flexibility index (Phi) is 3.27. The van der Waals surface area contributed by atoms with Crippen LogP contribution in [0.25, 0.3) is 10.9 Å². The summed E-state index contributed by atoms with van der Waals surface area (Å²) in [6, 6.07) is 9.73. The van der Waals surface area contributed by atoms with Gasteiger partial charge in [0.2, 0.25) is 0 Å². The molecule has 1 aromatic heterocycles. The van der Waals surface area contributed by atoms with Gasteiger partial charge < -0.3 is 5.32 Å². The average molecular weight is 252 g/mol. The Labute approximate surface area is 112 Å². The molecule has 0 spiro atoms. The van der Waals surface area contributed by atoms with Crippen molar-refractivity contribution in [3.63, 3.8) is 0 Å². The maximum absolute atomic E-state index is 12.2. The van der Waals surface area contributed by atoms with Crippen LogP contribution in [0.4, 0.5) is 5.69 Å². The number of benzene rings is 1. The molecule has 1 amide bonds. The summed E-state index contributed by atoms with van der Waals surface area (Å²) in [6.45, 7) is 0. The van der Waals surface area contributed by atoms with Crippen molar-refractivity contribution in [2.75, 3.05) is 5.32 Å². The Balaban J connectivity index is 1.89. The van der Waals surface area contributed by atoms with Crippen molar-refractivity contribution in [2.24, 2.45) is 0 Å². The Morgan fingerprint density at radius 3 is 2.89 bits per heavy atom. The first kappa shape index (κ1) is 11.9. The number of allylic oxidation sites excluding steroid dienone is 1. The predicted octanol–water partition coefficient (Wildman–Crippen LogP) is 3.67. The SMILES string of the molecule is O=C(Nc1cccc2cccnc12)C1=CCCCC1. The monoisotopic (exact) mass is 252 g/mol. The third kappa shape index (κ3) is 2.50. The molecule has 2 aromatic rings. The molecular weight excluding hydrogens is 236 g/mol. The van der Waals surface area contributed by atoms with Gasteiger partial charge >= 0.3 is 0 Å². The molecule has 0 aliphatic heterocycles. The topological polar surface area (TPSA) is 42.0 Å². The van der Waals surface area contributed by atoms with Crippen LogP contribution in [0.5, 0.6) is 0 Å². The molecule has 0 fully saturated rings. The molecule has 0 bridgehead atoms. The van der Waals surface area contributed by atoms with Crippen molar-refractivity contribution in [3.8, 4) is 0 Å². The maximum Gasteiger partial charge on any atom is 0.251 e. The van der Waals surface area contributed by atoms with Crippen LogP contribution in [0.1, 0.15) is 25.7 Å². The minimum Gasteiger partial charge on any atom is -0.320 e. The molecule has 0 atom stereocenters. The van der Waals surface area contributed by atoms with E-state index in [2.05, 4.69) is 16.4 Å². The third-order valence-electron chi connectivity index (χ3n) is 3.46. The van der Waals surface area contributed by atoms with E-state index in [9.17, 15) is 4.79 Å². The van der Waals surface area contributed by atoms with Crippen molar-refractivity contribution in [2.45, 2.75) is 25.7 Å². The van der Waals surface area contributed by atoms with Crippen molar-refractivity contribution < 1.29 is 4.79 Å². The van der Waals surface area contributed by atoms with Gasteiger partial charge in [-0.1, -0.05) is 24.3 Å². The summed E-state index contributed by atoms with van der Waals surface area (Å²) >= 11 is 0. The van der Waals surface area contributed by atoms with E-state index in [4.69, 9.17) is 0 Å². The first-order valence-electron chi connectivity index (χ1n) is 6.69. The number of amides is 1. The van der Waals surface area contributed by atoms with E-state index in [0.717, 1.165) is 41.4 Å². The molecule has 0 unspecified atom stereocenters. The first-order chi connectivity index (χ1) is 9.34. The van der Waals surface area contributed by atoms with Gasteiger partial charge in [0.05, 0.1) is 11.2 Å². The molecular formula is C16H16N2O. The Morgan fingerprint density at radius 1 is 1.16 bits per heavy atom. The first-order valence-corrected chi connectivity index (χ1v) is 6.69. The number of carbonyl (C=O) groups is 1. The van der Waals surface area contributed by atoms with Crippen LogP contribution in [-0.4, -0.2) is 10.9 Å². The van der Waals surface area contributed by atoms with Gasteiger partial charge in [-0.3, -0.25) is 9.78 Å². The zero-order valence-electron chi connectivity index (χ0n) is 10.7. The number of anilines is 1. The highest BCUT2D eigenvalue weighted by Gasteiger charge is 2.13. The van der Waals surface area contributed by atoms with Gasteiger partial charge in [-0.2, -0.15) is 0 Å². The molecule has 3 rings (SSSR count). The van der Waals surface area contributed by atoms with Crippen LogP contribution in [0.2, 0.25) is 0 Å². The Hall–Kier alpha value is -2.16. The molecule has 0 saturated heterocycles. The normalized spacial score (nSPS) is 15.1. The van der Waals surface area contributed by atoms with Gasteiger partial charge in [0.15, 0.2) is 0 Å². The molecule has 3 nitrogen and oxygen atoms in total. The van der Waals surface area contributed by atoms with Crippen LogP contribution in [0.3, 0.4) is 0 Å². The minimum atomic E-state index is 0.0119. The van der Waals surface area contributed by atoms with Gasteiger partial charge in [-0.15, -0.1) is 0 Å². The second-order valence-corrected chi connectivity index (χ2v) is 4.81. The summed E-state index contributed by atoms with van der Waals surface area (Å²) in [5, 5.41) is 4.02. The highest BCUT2D eigenvalue weighted by Crippen LogP contribution is 2.23. The van der Waals surface area contributed by atoms with E-state index < -0.39 is 0 Å². The number of fused-ring (bicyclic) bond motifs is 1. The van der Waals surface area contributed by atoms with Crippen LogP contribution >= 0.6 is 0 Å². The highest BCUT2D eigenvalue weighted by molar-refractivity contribution is 6.07. The van der Waals surface area contributed by atoms with Gasteiger partial charge in [0.1, 0.15) is 0 Å². The minimum absolute atomic E-state index is 0.0119. The third-order valence-corrected chi connectivity index (χ3v) is 3.46. The largest absolute Gasteiger partial charge is 0.320 e. The summed E-state index contributed by atoms with van der Waals surface area (Å²) in [5.74, 6) is 0.0119. The lowest BCUT2D eigenvalue weighted by atomic mass is 9.99. The summed E-state index contributed by atoms with van der Waals surface area (Å²) in [7, 11) is 0. The number of nitrogens with zero attached hydrogens (tertiary/aromatic N) is 1. The second kappa shape index (κ2) is 5.22. The Bertz CT molecular complexity index is 641. The lowest BCUT2D eigenvalue weighted by Gasteiger charge is -2.13. The number of carbonyl (C=O) groups excluding carboxylic acids is 1. The molecule has 0 saturated carbocycles. The van der Waals surface area contributed by atoms with E-state index in [1.54, 1.807) is 6.20 Å². The molecule has 1 aliphatic carbocycles. The number of para-hydroxylation sites is 1. The van der Waals surface area contributed by atoms with Gasteiger partial charge in [-0.05, 0) is 37.8 Å². The molecule has 0 radical (unpaired) electrons. The van der Waals surface area contributed by atoms with Crippen LogP contribution < -0.4 is 5.32 Å². The summed E-state index contributed by atoms with van der Waals surface area (Å²) in [6.07, 6.45) is 7.98. The van der Waals surface area contributed by atoms with E-state index in [-0.39, 0.29) is 5.91 Å². The van der Waals surface area contributed by atoms with Crippen LogP contribution in [0, 0.1) is 0 Å². The summed E-state index contributed by atoms with van der Waals surface area (Å²) < 4.78 is 0. The van der Waals surface area contributed by atoms with E-state index in [0.29, 0.717) is 0 Å². The van der Waals surface area contributed by atoms with Crippen molar-refractivity contribution >= 4 is 22.5 Å². The summed E-state index contributed by atoms with van der Waals surface area (Å²) in [5.41, 5.74) is 2.53. The van der Waals surface area contributed by atoms with Gasteiger partial charge in [-0.25, -0.2) is 0 Å². The Morgan fingerprint density at radius 2 is 2.05 bits per heavy atom. The molecule has 1 heterocycles. The number of pyridine rings is 1. The van der Waals surface area contributed by atoms with Crippen molar-refractivity contribution in [1.29, 1.82) is 0 Å². The van der Waals surface area contributed by atoms with E-state index in [1.807, 2.05) is 30.3 Å². The molecule has 19 heavy (non-hydrogen) atoms. The number of hydrogen-bond donors (Lipinski definition) is 1. The van der Waals surface area contributed by atoms with E-state index in [1.165, 1.54) is 6.42 Å². The highest BCUT2D eigenvalue weighted by atomic mass is 16.1. The predicted molar refractivity (Wildman–Crippen MR) is 76.9 cm³/mol. The van der Waals surface area contributed by atoms with Crippen LogP contribution in [-0.2, 0) is 4.79 Å². The smallest absolute Gasteiger partial charge is 0.251 e. The van der Waals surface area contributed by atoms with Crippen molar-refractivity contribution in [1.82, 2.24) is 4.98 Å². The zero-order chi connectivity index (χ0) is 13.1. The molecule has 96 valence electrons. The van der Waals surface area contributed by atoms with Crippen LogP contribution in [0.15, 0.2) is 48.2 Å². The van der Waals surface area contributed by atoms with Crippen molar-refractivity contribution in [3.05, 3.63) is 48.2 Å². The standard InChI is InChI=1S/C16H16N2O/c19-16(13-6-2-1-3-7-13)18-14-10-4-8-12-9-5-11-17-15(12)14/h4-6,8-11H,1-3,7H2,(H,18,19). The number of aromatic nitrogens is 1. The van der Waals surface area contributed by atoms with Gasteiger partial charge in [0.25, 0.3) is 5.91 Å². The molecule has 3 heteroatoms. The number of rotatable bonds is 2. The number of hydrogen-bond acceptors (Lipinski definition) is 2. The molecule has 1 aliphatic rings. The second-order valence-electron chi connectivity index (χ2n) is 4.81. The van der Waals surface area contributed by atoms with Gasteiger partial charge in [0, 0.05) is 17.2 Å². The quantitative estimate of drug-likeness (QED) is 0.886. The average Bonchev–Trinajstić information content (AvgIpc) is 2.48. The fraction of sp³-hybridized carbons (Fsp3) is 0.250. The number of nitrogens with one attached hydrogen (secondary N) is 1. The zero-order valence-corrected chi connectivity index (χ0v) is 10.7. The van der Waals surface area contributed by atoms with E-state index >= 15 is 0 Å².